The Morgan fingerprint density at radius 2 is 1.80 bits per heavy atom. The molecule has 0 radical (unpaired) electrons. The highest BCUT2D eigenvalue weighted by Crippen LogP contribution is 2.35. The van der Waals surface area contributed by atoms with Crippen molar-refractivity contribution in [2.75, 3.05) is 7.11 Å². The average molecular weight is 270 g/mol. The van der Waals surface area contributed by atoms with Gasteiger partial charge in [0.25, 0.3) is 0 Å². The largest absolute Gasteiger partial charge is 0.497 e. The Balaban J connectivity index is 1.69. The Labute approximate surface area is 116 Å². The number of methoxy groups -OCH3 is 1. The minimum Gasteiger partial charge on any atom is -0.497 e. The monoisotopic (exact) mass is 270 g/mol. The smallest absolute Gasteiger partial charge is 0.248 e. The first-order valence-corrected chi connectivity index (χ1v) is 6.36. The lowest BCUT2D eigenvalue weighted by Gasteiger charge is -2.09. The quantitative estimate of drug-likeness (QED) is 0.801. The highest BCUT2D eigenvalue weighted by molar-refractivity contribution is 5.96. The molecule has 4 nitrogen and oxygen atoms in total. The summed E-state index contributed by atoms with van der Waals surface area (Å²) < 4.78 is 16.3. The number of carbonyl (C=O) groups is 1. The number of carbonyl (C=O) groups excluding carboxylic acids is 1. The van der Waals surface area contributed by atoms with Gasteiger partial charge < -0.3 is 14.2 Å². The van der Waals surface area contributed by atoms with Gasteiger partial charge in [-0.3, -0.25) is 4.79 Å². The van der Waals surface area contributed by atoms with Crippen molar-refractivity contribution in [1.82, 2.24) is 0 Å². The van der Waals surface area contributed by atoms with Gasteiger partial charge in [-0.15, -0.1) is 0 Å². The van der Waals surface area contributed by atoms with Crippen LogP contribution in [0.15, 0.2) is 48.5 Å². The minimum atomic E-state index is -0.564. The molecule has 0 unspecified atom stereocenters. The van der Waals surface area contributed by atoms with E-state index in [1.165, 1.54) is 0 Å². The van der Waals surface area contributed by atoms with E-state index in [4.69, 9.17) is 14.2 Å². The normalized spacial score (nSPS) is 13.2. The number of ketones is 1. The maximum Gasteiger partial charge on any atom is 0.248 e. The van der Waals surface area contributed by atoms with E-state index < -0.39 is 6.29 Å². The highest BCUT2D eigenvalue weighted by atomic mass is 16.7. The number of fused-ring (bicyclic) bond motifs is 1. The molecule has 0 bridgehead atoms. The topological polar surface area (TPSA) is 44.8 Å². The van der Waals surface area contributed by atoms with Crippen LogP contribution in [0.4, 0.5) is 0 Å². The second-order valence-corrected chi connectivity index (χ2v) is 4.47. The van der Waals surface area contributed by atoms with Crippen LogP contribution in [0.3, 0.4) is 0 Å². The number of para-hydroxylation sites is 2. The molecule has 102 valence electrons. The van der Waals surface area contributed by atoms with Crippen molar-refractivity contribution >= 4 is 5.78 Å². The molecule has 0 aliphatic carbocycles. The molecule has 1 aliphatic rings. The number of rotatable bonds is 4. The van der Waals surface area contributed by atoms with Crippen LogP contribution >= 0.6 is 0 Å². The summed E-state index contributed by atoms with van der Waals surface area (Å²) in [7, 11) is 1.57. The van der Waals surface area contributed by atoms with Crippen LogP contribution in [0.2, 0.25) is 0 Å². The Bertz CT molecular complexity index is 611. The van der Waals surface area contributed by atoms with Crippen LogP contribution in [-0.2, 0) is 0 Å². The van der Waals surface area contributed by atoms with E-state index in [1.54, 1.807) is 31.4 Å². The fourth-order valence-corrected chi connectivity index (χ4v) is 2.10. The lowest BCUT2D eigenvalue weighted by atomic mass is 10.1. The summed E-state index contributed by atoms with van der Waals surface area (Å²) >= 11 is 0. The van der Waals surface area contributed by atoms with Crippen molar-refractivity contribution in [2.45, 2.75) is 12.7 Å². The van der Waals surface area contributed by atoms with Crippen LogP contribution in [0, 0.1) is 0 Å². The van der Waals surface area contributed by atoms with Crippen LogP contribution in [0.5, 0.6) is 17.2 Å². The standard InChI is InChI=1S/C16H14O4/c1-18-12-6-4-5-11(9-12)13(17)10-16-19-14-7-2-3-8-15(14)20-16/h2-9,16H,10H2,1H3. The van der Waals surface area contributed by atoms with Gasteiger partial charge in [0.05, 0.1) is 13.5 Å². The average Bonchev–Trinajstić information content (AvgIpc) is 2.89. The molecule has 3 rings (SSSR count). The zero-order valence-electron chi connectivity index (χ0n) is 11.0. The van der Waals surface area contributed by atoms with Gasteiger partial charge in [-0.1, -0.05) is 24.3 Å². The zero-order chi connectivity index (χ0) is 13.9. The Kier molecular flexibility index (Phi) is 3.29. The Hall–Kier alpha value is -2.49. The van der Waals surface area contributed by atoms with Crippen molar-refractivity contribution in [3.8, 4) is 17.2 Å². The fraction of sp³-hybridized carbons (Fsp3) is 0.188. The maximum absolute atomic E-state index is 12.2. The van der Waals surface area contributed by atoms with Crippen LogP contribution in [0.1, 0.15) is 16.8 Å². The predicted octanol–water partition coefficient (Wildman–Crippen LogP) is 3.07. The van der Waals surface area contributed by atoms with Gasteiger partial charge >= 0.3 is 0 Å². The molecule has 0 saturated carbocycles. The number of Topliss-reactive ketones (excluding diaryl/α,β-unsaturated/α-hetero) is 1. The second kappa shape index (κ2) is 5.25. The molecule has 1 heterocycles. The first-order chi connectivity index (χ1) is 9.76. The van der Waals surface area contributed by atoms with E-state index in [1.807, 2.05) is 24.3 Å². The zero-order valence-corrected chi connectivity index (χ0v) is 11.0. The first-order valence-electron chi connectivity index (χ1n) is 6.36. The van der Waals surface area contributed by atoms with Crippen LogP contribution in [0.25, 0.3) is 0 Å². The number of hydrogen-bond donors (Lipinski definition) is 0. The fourth-order valence-electron chi connectivity index (χ4n) is 2.10. The van der Waals surface area contributed by atoms with Crippen molar-refractivity contribution < 1.29 is 19.0 Å². The molecule has 0 amide bonds. The summed E-state index contributed by atoms with van der Waals surface area (Å²) in [6, 6.07) is 14.4. The molecule has 0 N–H and O–H groups in total. The Morgan fingerprint density at radius 1 is 1.10 bits per heavy atom. The van der Waals surface area contributed by atoms with Gasteiger partial charge in [-0.25, -0.2) is 0 Å². The molecule has 2 aromatic carbocycles. The lowest BCUT2D eigenvalue weighted by molar-refractivity contribution is 0.0392. The molecule has 0 spiro atoms. The van der Waals surface area contributed by atoms with Crippen molar-refractivity contribution in [3.63, 3.8) is 0 Å². The molecule has 4 heteroatoms. The summed E-state index contributed by atoms with van der Waals surface area (Å²) in [6.07, 6.45) is -0.395. The number of ether oxygens (including phenoxy) is 3. The van der Waals surface area contributed by atoms with Gasteiger partial charge in [0, 0.05) is 5.56 Å². The van der Waals surface area contributed by atoms with E-state index in [0.717, 1.165) is 0 Å². The second-order valence-electron chi connectivity index (χ2n) is 4.47. The van der Waals surface area contributed by atoms with Crippen LogP contribution < -0.4 is 14.2 Å². The molecule has 0 fully saturated rings. The van der Waals surface area contributed by atoms with Gasteiger partial charge in [0.2, 0.25) is 6.29 Å². The third-order valence-corrected chi connectivity index (χ3v) is 3.11. The van der Waals surface area contributed by atoms with E-state index in [-0.39, 0.29) is 12.2 Å². The lowest BCUT2D eigenvalue weighted by Crippen LogP contribution is -2.22. The third-order valence-electron chi connectivity index (χ3n) is 3.11. The molecule has 0 atom stereocenters. The van der Waals surface area contributed by atoms with Crippen molar-refractivity contribution in [3.05, 3.63) is 54.1 Å². The summed E-state index contributed by atoms with van der Waals surface area (Å²) in [5.41, 5.74) is 0.590. The van der Waals surface area contributed by atoms with Gasteiger partial charge in [0.1, 0.15) is 5.75 Å². The molecule has 2 aromatic rings. The van der Waals surface area contributed by atoms with E-state index >= 15 is 0 Å². The Morgan fingerprint density at radius 3 is 2.45 bits per heavy atom. The van der Waals surface area contributed by atoms with Gasteiger partial charge in [-0.05, 0) is 24.3 Å². The molecular weight excluding hydrogens is 256 g/mol. The minimum absolute atomic E-state index is 0.0401. The summed E-state index contributed by atoms with van der Waals surface area (Å²) in [6.45, 7) is 0. The molecular formula is C16H14O4. The summed E-state index contributed by atoms with van der Waals surface area (Å²) in [5.74, 6) is 1.97. The molecule has 0 saturated heterocycles. The van der Waals surface area contributed by atoms with E-state index in [2.05, 4.69) is 0 Å². The first kappa shape index (κ1) is 12.5. The molecule has 20 heavy (non-hydrogen) atoms. The number of hydrogen-bond acceptors (Lipinski definition) is 4. The summed E-state index contributed by atoms with van der Waals surface area (Å²) in [4.78, 5) is 12.2. The van der Waals surface area contributed by atoms with Gasteiger partial charge in [-0.2, -0.15) is 0 Å². The third kappa shape index (κ3) is 2.45. The number of benzene rings is 2. The van der Waals surface area contributed by atoms with E-state index in [9.17, 15) is 4.79 Å². The van der Waals surface area contributed by atoms with Crippen molar-refractivity contribution in [2.24, 2.45) is 0 Å². The molecule has 1 aliphatic heterocycles. The maximum atomic E-state index is 12.2. The molecule has 0 aromatic heterocycles. The van der Waals surface area contributed by atoms with Crippen LogP contribution in [-0.4, -0.2) is 19.2 Å². The predicted molar refractivity (Wildman–Crippen MR) is 73.4 cm³/mol. The summed E-state index contributed by atoms with van der Waals surface area (Å²) in [5, 5.41) is 0. The highest BCUT2D eigenvalue weighted by Gasteiger charge is 2.26. The van der Waals surface area contributed by atoms with Gasteiger partial charge in [0.15, 0.2) is 17.3 Å². The van der Waals surface area contributed by atoms with Crippen molar-refractivity contribution in [1.29, 1.82) is 0 Å². The SMILES string of the molecule is COc1cccc(C(=O)CC2Oc3ccccc3O2)c1. The van der Waals surface area contributed by atoms with E-state index in [0.29, 0.717) is 22.8 Å².